The zero-order valence-electron chi connectivity index (χ0n) is 12.5. The van der Waals surface area contributed by atoms with Crippen LogP contribution in [0.2, 0.25) is 0 Å². The standard InChI is InChI=1S/C17H12FN5O/c18-12-5-1-3-10-6-7-13(21-15(10)12)17(24)20-9-14-11-4-2-8-19-16(11)23-22-14/h1-8H,9H2,(H,20,24)(H,19,22,23). The number of rotatable bonds is 3. The minimum Gasteiger partial charge on any atom is -0.345 e. The molecule has 24 heavy (non-hydrogen) atoms. The van der Waals surface area contributed by atoms with E-state index >= 15 is 0 Å². The predicted octanol–water partition coefficient (Wildman–Crippen LogP) is 2.58. The van der Waals surface area contributed by atoms with Gasteiger partial charge in [-0.1, -0.05) is 18.2 Å². The Morgan fingerprint density at radius 2 is 2.08 bits per heavy atom. The van der Waals surface area contributed by atoms with Crippen LogP contribution in [0.3, 0.4) is 0 Å². The maximum absolute atomic E-state index is 13.8. The summed E-state index contributed by atoms with van der Waals surface area (Å²) in [6.07, 6.45) is 1.65. The number of aromatic nitrogens is 4. The summed E-state index contributed by atoms with van der Waals surface area (Å²) in [6.45, 7) is 0.248. The molecule has 0 aliphatic heterocycles. The average molecular weight is 321 g/mol. The van der Waals surface area contributed by atoms with Gasteiger partial charge in [0, 0.05) is 17.0 Å². The maximum atomic E-state index is 13.8. The van der Waals surface area contributed by atoms with Crippen LogP contribution < -0.4 is 5.32 Å². The van der Waals surface area contributed by atoms with Gasteiger partial charge in [0.05, 0.1) is 12.2 Å². The minimum absolute atomic E-state index is 0.162. The molecule has 0 aliphatic rings. The fourth-order valence-electron chi connectivity index (χ4n) is 2.53. The van der Waals surface area contributed by atoms with Gasteiger partial charge < -0.3 is 5.32 Å². The Labute approximate surface area is 135 Å². The number of pyridine rings is 2. The Hall–Kier alpha value is -3.35. The third-order valence-corrected chi connectivity index (χ3v) is 3.74. The number of hydrogen-bond acceptors (Lipinski definition) is 4. The maximum Gasteiger partial charge on any atom is 0.270 e. The van der Waals surface area contributed by atoms with E-state index in [2.05, 4.69) is 25.5 Å². The lowest BCUT2D eigenvalue weighted by molar-refractivity contribution is 0.0946. The summed E-state index contributed by atoms with van der Waals surface area (Å²) in [5, 5.41) is 11.2. The van der Waals surface area contributed by atoms with Crippen LogP contribution in [0.25, 0.3) is 21.9 Å². The van der Waals surface area contributed by atoms with E-state index in [9.17, 15) is 9.18 Å². The number of halogens is 1. The molecule has 0 aliphatic carbocycles. The molecule has 7 heteroatoms. The lowest BCUT2D eigenvalue weighted by atomic mass is 10.2. The number of amides is 1. The Morgan fingerprint density at radius 3 is 3.00 bits per heavy atom. The van der Waals surface area contributed by atoms with Crippen LogP contribution in [0.15, 0.2) is 48.7 Å². The number of nitrogens with zero attached hydrogens (tertiary/aromatic N) is 3. The fraction of sp³-hybridized carbons (Fsp3) is 0.0588. The van der Waals surface area contributed by atoms with E-state index in [1.54, 1.807) is 36.5 Å². The number of nitrogens with one attached hydrogen (secondary N) is 2. The smallest absolute Gasteiger partial charge is 0.270 e. The van der Waals surface area contributed by atoms with Crippen LogP contribution in [0, 0.1) is 5.82 Å². The lowest BCUT2D eigenvalue weighted by Crippen LogP contribution is -2.24. The van der Waals surface area contributed by atoms with Crippen molar-refractivity contribution in [3.05, 3.63) is 65.9 Å². The first kappa shape index (κ1) is 14.3. The van der Waals surface area contributed by atoms with Gasteiger partial charge in [0.15, 0.2) is 5.65 Å². The van der Waals surface area contributed by atoms with E-state index in [0.29, 0.717) is 11.0 Å². The number of carbonyl (C=O) groups excluding carboxylic acids is 1. The van der Waals surface area contributed by atoms with Crippen molar-refractivity contribution < 1.29 is 9.18 Å². The summed E-state index contributed by atoms with van der Waals surface area (Å²) in [7, 11) is 0. The third-order valence-electron chi connectivity index (χ3n) is 3.74. The van der Waals surface area contributed by atoms with Crippen molar-refractivity contribution in [2.24, 2.45) is 0 Å². The lowest BCUT2D eigenvalue weighted by Gasteiger charge is -2.05. The number of carbonyl (C=O) groups is 1. The number of hydrogen-bond donors (Lipinski definition) is 2. The Kier molecular flexibility index (Phi) is 3.38. The molecule has 0 saturated heterocycles. The predicted molar refractivity (Wildman–Crippen MR) is 86.8 cm³/mol. The van der Waals surface area contributed by atoms with Gasteiger partial charge in [-0.05, 0) is 24.3 Å². The molecule has 1 amide bonds. The van der Waals surface area contributed by atoms with Crippen LogP contribution in [-0.4, -0.2) is 26.1 Å². The van der Waals surface area contributed by atoms with Crippen LogP contribution >= 0.6 is 0 Å². The normalized spacial score (nSPS) is 11.0. The first-order valence-electron chi connectivity index (χ1n) is 7.34. The molecule has 0 radical (unpaired) electrons. The minimum atomic E-state index is -0.451. The second-order valence-corrected chi connectivity index (χ2v) is 5.27. The van der Waals surface area contributed by atoms with Gasteiger partial charge in [0.25, 0.3) is 5.91 Å². The number of aromatic amines is 1. The molecule has 1 aromatic carbocycles. The summed E-state index contributed by atoms with van der Waals surface area (Å²) < 4.78 is 13.8. The largest absolute Gasteiger partial charge is 0.345 e. The molecule has 4 rings (SSSR count). The van der Waals surface area contributed by atoms with Gasteiger partial charge in [-0.2, -0.15) is 5.10 Å². The van der Waals surface area contributed by atoms with Gasteiger partial charge >= 0.3 is 0 Å². The molecule has 118 valence electrons. The zero-order valence-corrected chi connectivity index (χ0v) is 12.5. The molecule has 2 N–H and O–H groups in total. The summed E-state index contributed by atoms with van der Waals surface area (Å²) >= 11 is 0. The second kappa shape index (κ2) is 5.69. The molecule has 0 bridgehead atoms. The van der Waals surface area contributed by atoms with Crippen molar-refractivity contribution in [2.45, 2.75) is 6.54 Å². The van der Waals surface area contributed by atoms with E-state index in [-0.39, 0.29) is 23.7 Å². The molecular formula is C17H12FN5O. The molecule has 6 nitrogen and oxygen atoms in total. The summed E-state index contributed by atoms with van der Waals surface area (Å²) in [5.41, 5.74) is 1.68. The molecule has 3 heterocycles. The van der Waals surface area contributed by atoms with E-state index < -0.39 is 5.82 Å². The van der Waals surface area contributed by atoms with Crippen molar-refractivity contribution in [3.63, 3.8) is 0 Å². The Bertz CT molecular complexity index is 1060. The van der Waals surface area contributed by atoms with Crippen LogP contribution in [0.1, 0.15) is 16.2 Å². The molecule has 0 fully saturated rings. The Balaban J connectivity index is 1.57. The highest BCUT2D eigenvalue weighted by molar-refractivity contribution is 5.95. The van der Waals surface area contributed by atoms with Crippen LogP contribution in [-0.2, 0) is 6.54 Å². The molecular weight excluding hydrogens is 309 g/mol. The number of fused-ring (bicyclic) bond motifs is 2. The first-order valence-corrected chi connectivity index (χ1v) is 7.34. The van der Waals surface area contributed by atoms with Crippen molar-refractivity contribution >= 4 is 27.8 Å². The topological polar surface area (TPSA) is 83.6 Å². The van der Waals surface area contributed by atoms with Crippen molar-refractivity contribution in [3.8, 4) is 0 Å². The molecule has 0 saturated carbocycles. The van der Waals surface area contributed by atoms with E-state index in [1.165, 1.54) is 6.07 Å². The van der Waals surface area contributed by atoms with Crippen molar-refractivity contribution in [2.75, 3.05) is 0 Å². The second-order valence-electron chi connectivity index (χ2n) is 5.27. The van der Waals surface area contributed by atoms with Gasteiger partial charge in [0.2, 0.25) is 0 Å². The Morgan fingerprint density at radius 1 is 1.17 bits per heavy atom. The molecule has 0 atom stereocenters. The molecule has 0 unspecified atom stereocenters. The highest BCUT2D eigenvalue weighted by Crippen LogP contribution is 2.16. The van der Waals surface area contributed by atoms with Crippen molar-refractivity contribution in [1.29, 1.82) is 0 Å². The summed E-state index contributed by atoms with van der Waals surface area (Å²) in [5.74, 6) is -0.834. The van der Waals surface area contributed by atoms with Gasteiger partial charge in [-0.3, -0.25) is 9.89 Å². The van der Waals surface area contributed by atoms with E-state index in [0.717, 1.165) is 11.1 Å². The number of para-hydroxylation sites is 1. The average Bonchev–Trinajstić information content (AvgIpc) is 3.03. The molecule has 3 aromatic heterocycles. The molecule has 4 aromatic rings. The number of H-pyrrole nitrogens is 1. The third kappa shape index (κ3) is 2.45. The van der Waals surface area contributed by atoms with Gasteiger partial charge in [-0.15, -0.1) is 0 Å². The van der Waals surface area contributed by atoms with Gasteiger partial charge in [-0.25, -0.2) is 14.4 Å². The van der Waals surface area contributed by atoms with Crippen LogP contribution in [0.5, 0.6) is 0 Å². The monoisotopic (exact) mass is 321 g/mol. The first-order chi connectivity index (χ1) is 11.7. The van der Waals surface area contributed by atoms with Crippen molar-refractivity contribution in [1.82, 2.24) is 25.5 Å². The summed E-state index contributed by atoms with van der Waals surface area (Å²) in [4.78, 5) is 20.5. The van der Waals surface area contributed by atoms with E-state index in [1.807, 2.05) is 6.07 Å². The highest BCUT2D eigenvalue weighted by atomic mass is 19.1. The number of benzene rings is 1. The summed E-state index contributed by atoms with van der Waals surface area (Å²) in [6, 6.07) is 11.6. The quantitative estimate of drug-likeness (QED) is 0.607. The SMILES string of the molecule is O=C(NCc1[nH]nc2ncccc12)c1ccc2cccc(F)c2n1. The van der Waals surface area contributed by atoms with E-state index in [4.69, 9.17) is 0 Å². The highest BCUT2D eigenvalue weighted by Gasteiger charge is 2.12. The zero-order chi connectivity index (χ0) is 16.5. The van der Waals surface area contributed by atoms with Crippen LogP contribution in [0.4, 0.5) is 4.39 Å². The molecule has 0 spiro atoms. The van der Waals surface area contributed by atoms with Gasteiger partial charge in [0.1, 0.15) is 17.0 Å². The fourth-order valence-corrected chi connectivity index (χ4v) is 2.53.